The Morgan fingerprint density at radius 1 is 1.32 bits per heavy atom. The van der Waals surface area contributed by atoms with Crippen molar-refractivity contribution in [1.82, 2.24) is 20.0 Å². The van der Waals surface area contributed by atoms with Gasteiger partial charge < -0.3 is 15.0 Å². The third-order valence-corrected chi connectivity index (χ3v) is 5.10. The van der Waals surface area contributed by atoms with E-state index >= 15 is 0 Å². The molecule has 3 heterocycles. The molecule has 1 aromatic carbocycles. The largest absolute Gasteiger partial charge is 0.378 e. The van der Waals surface area contributed by atoms with Crippen LogP contribution in [-0.2, 0) is 17.8 Å². The van der Waals surface area contributed by atoms with Crippen LogP contribution in [0.15, 0.2) is 36.5 Å². The Bertz CT molecular complexity index is 743. The lowest BCUT2D eigenvalue weighted by atomic mass is 10.0. The second-order valence-corrected chi connectivity index (χ2v) is 6.79. The van der Waals surface area contributed by atoms with E-state index in [0.717, 1.165) is 42.8 Å². The molecule has 0 bridgehead atoms. The number of urea groups is 1. The lowest BCUT2D eigenvalue weighted by molar-refractivity contribution is 0.00113. The minimum Gasteiger partial charge on any atom is -0.378 e. The molecule has 2 unspecified atom stereocenters. The first-order valence-electron chi connectivity index (χ1n) is 9.03. The van der Waals surface area contributed by atoms with E-state index in [1.807, 2.05) is 46.1 Å². The van der Waals surface area contributed by atoms with Crippen LogP contribution in [0.5, 0.6) is 0 Å². The van der Waals surface area contributed by atoms with Gasteiger partial charge in [-0.3, -0.25) is 0 Å². The van der Waals surface area contributed by atoms with Gasteiger partial charge >= 0.3 is 6.03 Å². The van der Waals surface area contributed by atoms with Crippen molar-refractivity contribution < 1.29 is 9.53 Å². The number of amides is 2. The minimum absolute atomic E-state index is 0.0116. The molecule has 2 aliphatic rings. The number of benzene rings is 1. The van der Waals surface area contributed by atoms with E-state index < -0.39 is 0 Å². The van der Waals surface area contributed by atoms with Crippen molar-refractivity contribution in [1.29, 1.82) is 0 Å². The summed E-state index contributed by atoms with van der Waals surface area (Å²) in [6, 6.07) is 10.3. The lowest BCUT2D eigenvalue weighted by Crippen LogP contribution is -2.46. The van der Waals surface area contributed by atoms with E-state index in [4.69, 9.17) is 4.74 Å². The maximum absolute atomic E-state index is 12.7. The summed E-state index contributed by atoms with van der Waals surface area (Å²) in [5.41, 5.74) is 3.25. The Labute approximate surface area is 147 Å². The van der Waals surface area contributed by atoms with Gasteiger partial charge in [0.25, 0.3) is 0 Å². The first kappa shape index (κ1) is 16.1. The number of hydrogen-bond acceptors (Lipinski definition) is 3. The maximum atomic E-state index is 12.7. The molecule has 6 heteroatoms. The average molecular weight is 340 g/mol. The Hall–Kier alpha value is -2.34. The van der Waals surface area contributed by atoms with Gasteiger partial charge in [-0.15, -0.1) is 0 Å². The van der Waals surface area contributed by atoms with E-state index in [1.165, 1.54) is 0 Å². The predicted octanol–water partition coefficient (Wildman–Crippen LogP) is 2.86. The van der Waals surface area contributed by atoms with Crippen molar-refractivity contribution >= 4 is 6.03 Å². The molecule has 0 radical (unpaired) electrons. The molecule has 0 spiro atoms. The van der Waals surface area contributed by atoms with E-state index in [0.29, 0.717) is 13.1 Å². The zero-order valence-corrected chi connectivity index (χ0v) is 14.5. The molecule has 0 aliphatic carbocycles. The molecular formula is C19H24N4O2. The fourth-order valence-electron chi connectivity index (χ4n) is 3.65. The fourth-order valence-corrected chi connectivity index (χ4v) is 3.65. The summed E-state index contributed by atoms with van der Waals surface area (Å²) in [4.78, 5) is 14.5. The second-order valence-electron chi connectivity index (χ2n) is 6.79. The topological polar surface area (TPSA) is 59.4 Å². The quantitative estimate of drug-likeness (QED) is 0.935. The number of fused-ring (bicyclic) bond motifs is 1. The molecule has 1 fully saturated rings. The van der Waals surface area contributed by atoms with Crippen molar-refractivity contribution in [3.8, 4) is 5.69 Å². The van der Waals surface area contributed by atoms with Crippen molar-refractivity contribution in [2.24, 2.45) is 0 Å². The first-order valence-corrected chi connectivity index (χ1v) is 9.03. The van der Waals surface area contributed by atoms with E-state index in [-0.39, 0.29) is 18.2 Å². The lowest BCUT2D eigenvalue weighted by Gasteiger charge is -2.30. The molecular weight excluding hydrogens is 316 g/mol. The van der Waals surface area contributed by atoms with Crippen LogP contribution in [0.3, 0.4) is 0 Å². The van der Waals surface area contributed by atoms with E-state index in [1.54, 1.807) is 0 Å². The van der Waals surface area contributed by atoms with Crippen LogP contribution >= 0.6 is 0 Å². The van der Waals surface area contributed by atoms with Crippen molar-refractivity contribution in [2.75, 3.05) is 6.61 Å². The van der Waals surface area contributed by atoms with Gasteiger partial charge in [0, 0.05) is 18.2 Å². The predicted molar refractivity (Wildman–Crippen MR) is 94.4 cm³/mol. The Morgan fingerprint density at radius 2 is 2.16 bits per heavy atom. The molecule has 2 amide bonds. The number of para-hydroxylation sites is 1. The van der Waals surface area contributed by atoms with Gasteiger partial charge in [0.1, 0.15) is 0 Å². The number of aromatic nitrogens is 2. The van der Waals surface area contributed by atoms with Crippen LogP contribution in [0.2, 0.25) is 0 Å². The van der Waals surface area contributed by atoms with Gasteiger partial charge in [-0.05, 0) is 31.4 Å². The number of rotatable bonds is 3. The number of nitrogens with one attached hydrogen (secondary N) is 1. The standard InChI is InChI=1S/C19H24N4O2/c1-2-17-10-15(8-9-25-17)21-19(24)22-12-14-11-20-23(18(14)13-22)16-6-4-3-5-7-16/h3-7,11,15,17H,2,8-10,12-13H2,1H3,(H,21,24). The van der Waals surface area contributed by atoms with Crippen molar-refractivity contribution in [3.63, 3.8) is 0 Å². The van der Waals surface area contributed by atoms with Gasteiger partial charge in [-0.1, -0.05) is 25.1 Å². The van der Waals surface area contributed by atoms with Gasteiger partial charge in [-0.25, -0.2) is 9.48 Å². The van der Waals surface area contributed by atoms with Crippen LogP contribution in [0.1, 0.15) is 37.4 Å². The summed E-state index contributed by atoms with van der Waals surface area (Å²) in [6.07, 6.45) is 4.93. The monoisotopic (exact) mass is 340 g/mol. The Morgan fingerprint density at radius 3 is 2.96 bits per heavy atom. The Kier molecular flexibility index (Phi) is 4.44. The zero-order valence-electron chi connectivity index (χ0n) is 14.5. The zero-order chi connectivity index (χ0) is 17.2. The summed E-state index contributed by atoms with van der Waals surface area (Å²) in [5.74, 6) is 0. The Balaban J connectivity index is 1.42. The minimum atomic E-state index is 0.0116. The normalized spacial score (nSPS) is 22.7. The third kappa shape index (κ3) is 3.26. The number of nitrogens with zero attached hydrogens (tertiary/aromatic N) is 3. The molecule has 2 aromatic rings. The molecule has 1 N–H and O–H groups in total. The number of carbonyl (C=O) groups is 1. The summed E-state index contributed by atoms with van der Waals surface area (Å²) in [7, 11) is 0. The molecule has 1 saturated heterocycles. The van der Waals surface area contributed by atoms with E-state index in [2.05, 4.69) is 17.3 Å². The molecule has 132 valence electrons. The first-order chi connectivity index (χ1) is 12.2. The molecule has 0 saturated carbocycles. The highest BCUT2D eigenvalue weighted by Crippen LogP contribution is 2.25. The van der Waals surface area contributed by atoms with Crippen LogP contribution in [0.4, 0.5) is 4.79 Å². The molecule has 25 heavy (non-hydrogen) atoms. The van der Waals surface area contributed by atoms with Crippen LogP contribution in [-0.4, -0.2) is 39.5 Å². The average Bonchev–Trinajstić information content (AvgIpc) is 3.23. The summed E-state index contributed by atoms with van der Waals surface area (Å²) in [6.45, 7) is 4.07. The van der Waals surface area contributed by atoms with Gasteiger partial charge in [0.2, 0.25) is 0 Å². The highest BCUT2D eigenvalue weighted by molar-refractivity contribution is 5.75. The highest BCUT2D eigenvalue weighted by atomic mass is 16.5. The van der Waals surface area contributed by atoms with Crippen molar-refractivity contribution in [2.45, 2.75) is 51.4 Å². The van der Waals surface area contributed by atoms with Crippen molar-refractivity contribution in [3.05, 3.63) is 47.8 Å². The smallest absolute Gasteiger partial charge is 0.318 e. The third-order valence-electron chi connectivity index (χ3n) is 5.10. The van der Waals surface area contributed by atoms with Gasteiger partial charge in [0.05, 0.1) is 36.8 Å². The molecule has 2 aliphatic heterocycles. The van der Waals surface area contributed by atoms with Gasteiger partial charge in [0.15, 0.2) is 0 Å². The van der Waals surface area contributed by atoms with Crippen LogP contribution < -0.4 is 5.32 Å². The number of carbonyl (C=O) groups excluding carboxylic acids is 1. The molecule has 2 atom stereocenters. The highest BCUT2D eigenvalue weighted by Gasteiger charge is 2.30. The maximum Gasteiger partial charge on any atom is 0.318 e. The molecule has 6 nitrogen and oxygen atoms in total. The van der Waals surface area contributed by atoms with E-state index in [9.17, 15) is 4.79 Å². The summed E-state index contributed by atoms with van der Waals surface area (Å²) < 4.78 is 7.63. The molecule has 4 rings (SSSR count). The fraction of sp³-hybridized carbons (Fsp3) is 0.474. The second kappa shape index (κ2) is 6.88. The van der Waals surface area contributed by atoms with Gasteiger partial charge in [-0.2, -0.15) is 5.10 Å². The summed E-state index contributed by atoms with van der Waals surface area (Å²) >= 11 is 0. The number of ether oxygens (including phenoxy) is 1. The van der Waals surface area contributed by atoms with Crippen LogP contribution in [0, 0.1) is 0 Å². The SMILES string of the molecule is CCC1CC(NC(=O)N2Cc3cnn(-c4ccccc4)c3C2)CCO1. The molecule has 1 aromatic heterocycles. The summed E-state index contributed by atoms with van der Waals surface area (Å²) in [5, 5.41) is 7.67. The van der Waals surface area contributed by atoms with Crippen LogP contribution in [0.25, 0.3) is 5.69 Å². The number of hydrogen-bond donors (Lipinski definition) is 1.